The van der Waals surface area contributed by atoms with E-state index in [4.69, 9.17) is 4.74 Å². The fourth-order valence-corrected chi connectivity index (χ4v) is 3.09. The highest BCUT2D eigenvalue weighted by molar-refractivity contribution is 6.00. The summed E-state index contributed by atoms with van der Waals surface area (Å²) in [5.74, 6) is 0.528. The van der Waals surface area contributed by atoms with Crippen molar-refractivity contribution in [3.05, 3.63) is 59.7 Å². The Bertz CT molecular complexity index is 820. The molecule has 142 valence electrons. The minimum Gasteiger partial charge on any atom is -0.493 e. The molecule has 0 aromatic heterocycles. The molecule has 2 aromatic carbocycles. The lowest BCUT2D eigenvalue weighted by molar-refractivity contribution is -0.120. The van der Waals surface area contributed by atoms with Gasteiger partial charge in [0, 0.05) is 23.7 Å². The smallest absolute Gasteiger partial charge is 0.253 e. The number of benzene rings is 2. The van der Waals surface area contributed by atoms with Crippen LogP contribution in [-0.2, 0) is 4.79 Å². The minimum absolute atomic E-state index is 0.0439. The van der Waals surface area contributed by atoms with E-state index in [1.54, 1.807) is 18.2 Å². The Labute approximate surface area is 159 Å². The normalized spacial score (nSPS) is 15.4. The van der Waals surface area contributed by atoms with Crippen LogP contribution in [0.4, 0.5) is 5.69 Å². The summed E-state index contributed by atoms with van der Waals surface area (Å²) in [6, 6.07) is 14.9. The molecule has 1 heterocycles. The molecule has 1 aliphatic heterocycles. The molecule has 6 heteroatoms. The van der Waals surface area contributed by atoms with Crippen LogP contribution >= 0.6 is 0 Å². The summed E-state index contributed by atoms with van der Waals surface area (Å²) >= 11 is 0. The number of ether oxygens (including phenoxy) is 1. The first kappa shape index (κ1) is 18.8. The molecule has 0 saturated heterocycles. The molecular weight excluding hydrogens is 342 g/mol. The van der Waals surface area contributed by atoms with Crippen LogP contribution in [0.3, 0.4) is 0 Å². The van der Waals surface area contributed by atoms with Crippen molar-refractivity contribution in [2.75, 3.05) is 18.5 Å². The molecule has 0 aliphatic carbocycles. The summed E-state index contributed by atoms with van der Waals surface area (Å²) in [4.78, 5) is 24.7. The number of fused-ring (bicyclic) bond motifs is 1. The molecule has 2 aromatic rings. The number of hydrogen-bond acceptors (Lipinski definition) is 4. The fraction of sp³-hybridized carbons (Fsp3) is 0.333. The molecule has 0 fully saturated rings. The number of para-hydroxylation sites is 2. The number of nitrogens with one attached hydrogen (secondary N) is 3. The van der Waals surface area contributed by atoms with Crippen molar-refractivity contribution in [3.8, 4) is 5.75 Å². The molecule has 3 N–H and O–H groups in total. The third-order valence-corrected chi connectivity index (χ3v) is 4.32. The maximum atomic E-state index is 12.4. The van der Waals surface area contributed by atoms with Crippen LogP contribution in [0.5, 0.6) is 5.75 Å². The van der Waals surface area contributed by atoms with Gasteiger partial charge in [0.1, 0.15) is 5.75 Å². The first-order valence-electron chi connectivity index (χ1n) is 9.19. The fourth-order valence-electron chi connectivity index (χ4n) is 3.09. The van der Waals surface area contributed by atoms with Gasteiger partial charge >= 0.3 is 0 Å². The molecule has 1 aliphatic rings. The van der Waals surface area contributed by atoms with Gasteiger partial charge < -0.3 is 20.7 Å². The molecule has 0 unspecified atom stereocenters. The number of anilines is 1. The van der Waals surface area contributed by atoms with Crippen LogP contribution in [0.15, 0.2) is 48.5 Å². The van der Waals surface area contributed by atoms with Gasteiger partial charge in [0.15, 0.2) is 0 Å². The Morgan fingerprint density at radius 3 is 2.67 bits per heavy atom. The SMILES string of the molecule is CC(C)NC(=O)c1ccccc1NCC(=O)N[C@H]1CCOc2ccccc21. The molecule has 0 spiro atoms. The number of carbonyl (C=O) groups excluding carboxylic acids is 2. The quantitative estimate of drug-likeness (QED) is 0.733. The van der Waals surface area contributed by atoms with Crippen LogP contribution in [0, 0.1) is 0 Å². The third-order valence-electron chi connectivity index (χ3n) is 4.32. The molecule has 0 radical (unpaired) electrons. The molecule has 27 heavy (non-hydrogen) atoms. The van der Waals surface area contributed by atoms with Crippen LogP contribution in [0.2, 0.25) is 0 Å². The van der Waals surface area contributed by atoms with Gasteiger partial charge in [-0.3, -0.25) is 9.59 Å². The monoisotopic (exact) mass is 367 g/mol. The van der Waals surface area contributed by atoms with Gasteiger partial charge in [0.25, 0.3) is 5.91 Å². The first-order chi connectivity index (χ1) is 13.0. The lowest BCUT2D eigenvalue weighted by Gasteiger charge is -2.26. The average molecular weight is 367 g/mol. The minimum atomic E-state index is -0.160. The zero-order chi connectivity index (χ0) is 19.2. The molecule has 3 rings (SSSR count). The summed E-state index contributed by atoms with van der Waals surface area (Å²) in [6.45, 7) is 4.49. The van der Waals surface area contributed by atoms with Crippen molar-refractivity contribution in [1.82, 2.24) is 10.6 Å². The second-order valence-electron chi connectivity index (χ2n) is 6.82. The van der Waals surface area contributed by atoms with Gasteiger partial charge in [-0.25, -0.2) is 0 Å². The molecule has 0 bridgehead atoms. The highest BCUT2D eigenvalue weighted by atomic mass is 16.5. The van der Waals surface area contributed by atoms with E-state index in [-0.39, 0.29) is 30.4 Å². The molecule has 0 saturated carbocycles. The van der Waals surface area contributed by atoms with Gasteiger partial charge in [-0.1, -0.05) is 30.3 Å². The Hall–Kier alpha value is -3.02. The van der Waals surface area contributed by atoms with Gasteiger partial charge in [-0.05, 0) is 32.0 Å². The summed E-state index contributed by atoms with van der Waals surface area (Å²) in [5.41, 5.74) is 2.16. The number of carbonyl (C=O) groups is 2. The Kier molecular flexibility index (Phi) is 5.96. The topological polar surface area (TPSA) is 79.5 Å². The largest absolute Gasteiger partial charge is 0.493 e. The second-order valence-corrected chi connectivity index (χ2v) is 6.82. The van der Waals surface area contributed by atoms with Gasteiger partial charge in [-0.15, -0.1) is 0 Å². The maximum Gasteiger partial charge on any atom is 0.253 e. The molecular formula is C21H25N3O3. The van der Waals surface area contributed by atoms with E-state index in [1.807, 2.05) is 44.2 Å². The highest BCUT2D eigenvalue weighted by Crippen LogP contribution is 2.31. The number of rotatable bonds is 6. The standard InChI is InChI=1S/C21H25N3O3/c1-14(2)23-21(26)16-8-3-5-9-17(16)22-13-20(25)24-18-11-12-27-19-10-6-4-7-15(18)19/h3-10,14,18,22H,11-13H2,1-2H3,(H,23,26)(H,24,25)/t18-/m0/s1. The summed E-state index contributed by atoms with van der Waals surface area (Å²) in [6.07, 6.45) is 0.732. The average Bonchev–Trinajstić information content (AvgIpc) is 2.66. The van der Waals surface area contributed by atoms with Gasteiger partial charge in [0.2, 0.25) is 5.91 Å². The van der Waals surface area contributed by atoms with E-state index in [0.29, 0.717) is 17.9 Å². The van der Waals surface area contributed by atoms with Crippen molar-refractivity contribution in [2.45, 2.75) is 32.4 Å². The predicted octanol–water partition coefficient (Wildman–Crippen LogP) is 2.88. The van der Waals surface area contributed by atoms with Crippen molar-refractivity contribution in [2.24, 2.45) is 0 Å². The van der Waals surface area contributed by atoms with Crippen LogP contribution in [-0.4, -0.2) is 31.0 Å². The summed E-state index contributed by atoms with van der Waals surface area (Å²) < 4.78 is 5.63. The van der Waals surface area contributed by atoms with Gasteiger partial charge in [0.05, 0.1) is 24.8 Å². The number of amides is 2. The van der Waals surface area contributed by atoms with Crippen LogP contribution < -0.4 is 20.7 Å². The van der Waals surface area contributed by atoms with E-state index in [1.165, 1.54) is 0 Å². The lowest BCUT2D eigenvalue weighted by Crippen LogP contribution is -2.36. The zero-order valence-corrected chi connectivity index (χ0v) is 15.6. The van der Waals surface area contributed by atoms with Crippen molar-refractivity contribution < 1.29 is 14.3 Å². The molecule has 2 amide bonds. The van der Waals surface area contributed by atoms with E-state index in [0.717, 1.165) is 17.7 Å². The lowest BCUT2D eigenvalue weighted by atomic mass is 10.0. The van der Waals surface area contributed by atoms with Gasteiger partial charge in [-0.2, -0.15) is 0 Å². The maximum absolute atomic E-state index is 12.4. The molecule has 6 nitrogen and oxygen atoms in total. The first-order valence-corrected chi connectivity index (χ1v) is 9.19. The van der Waals surface area contributed by atoms with Crippen molar-refractivity contribution in [1.29, 1.82) is 0 Å². The van der Waals surface area contributed by atoms with Crippen molar-refractivity contribution in [3.63, 3.8) is 0 Å². The molecule has 1 atom stereocenters. The summed E-state index contributed by atoms with van der Waals surface area (Å²) in [5, 5.41) is 8.99. The van der Waals surface area contributed by atoms with Crippen LogP contribution in [0.1, 0.15) is 42.2 Å². The summed E-state index contributed by atoms with van der Waals surface area (Å²) in [7, 11) is 0. The Morgan fingerprint density at radius 2 is 1.85 bits per heavy atom. The van der Waals surface area contributed by atoms with Crippen molar-refractivity contribution >= 4 is 17.5 Å². The van der Waals surface area contributed by atoms with E-state index in [2.05, 4.69) is 16.0 Å². The third kappa shape index (κ3) is 4.78. The second kappa shape index (κ2) is 8.58. The highest BCUT2D eigenvalue weighted by Gasteiger charge is 2.22. The van der Waals surface area contributed by atoms with E-state index in [9.17, 15) is 9.59 Å². The van der Waals surface area contributed by atoms with E-state index < -0.39 is 0 Å². The van der Waals surface area contributed by atoms with Crippen LogP contribution in [0.25, 0.3) is 0 Å². The zero-order valence-electron chi connectivity index (χ0n) is 15.6. The van der Waals surface area contributed by atoms with E-state index >= 15 is 0 Å². The number of hydrogen-bond donors (Lipinski definition) is 3. The Balaban J connectivity index is 1.61. The Morgan fingerprint density at radius 1 is 1.11 bits per heavy atom. The predicted molar refractivity (Wildman–Crippen MR) is 105 cm³/mol.